The maximum atomic E-state index is 12.4. The molecule has 0 aromatic heterocycles. The van der Waals surface area contributed by atoms with E-state index in [0.717, 1.165) is 5.56 Å². The van der Waals surface area contributed by atoms with Crippen molar-refractivity contribution < 1.29 is 19.4 Å². The van der Waals surface area contributed by atoms with Gasteiger partial charge in [0, 0.05) is 18.2 Å². The fourth-order valence-electron chi connectivity index (χ4n) is 3.06. The molecular formula is C16H18ClNO4. The van der Waals surface area contributed by atoms with Crippen LogP contribution in [0.2, 0.25) is 5.02 Å². The lowest BCUT2D eigenvalue weighted by atomic mass is 9.82. The topological polar surface area (TPSA) is 75.6 Å². The average molecular weight is 324 g/mol. The first-order chi connectivity index (χ1) is 10.5. The summed E-state index contributed by atoms with van der Waals surface area (Å²) >= 11 is 5.94. The molecule has 1 aromatic rings. The molecule has 5 nitrogen and oxygen atoms in total. The molecule has 118 valence electrons. The van der Waals surface area contributed by atoms with Gasteiger partial charge in [0.05, 0.1) is 17.4 Å². The molecule has 6 heteroatoms. The molecule has 0 spiro atoms. The maximum Gasteiger partial charge on any atom is 0.307 e. The highest BCUT2D eigenvalue weighted by atomic mass is 35.5. The molecule has 1 saturated carbocycles. The van der Waals surface area contributed by atoms with Crippen molar-refractivity contribution in [2.75, 3.05) is 13.2 Å². The highest BCUT2D eigenvalue weighted by molar-refractivity contribution is 6.30. The van der Waals surface area contributed by atoms with Gasteiger partial charge in [-0.1, -0.05) is 23.7 Å². The molecule has 22 heavy (non-hydrogen) atoms. The average Bonchev–Trinajstić information content (AvgIpc) is 3.29. The van der Waals surface area contributed by atoms with Gasteiger partial charge >= 0.3 is 5.97 Å². The van der Waals surface area contributed by atoms with Crippen molar-refractivity contribution in [3.8, 4) is 0 Å². The van der Waals surface area contributed by atoms with Gasteiger partial charge in [0.1, 0.15) is 0 Å². The first kappa shape index (κ1) is 15.3. The summed E-state index contributed by atoms with van der Waals surface area (Å²) in [6, 6.07) is 7.43. The number of ether oxygens (including phenoxy) is 1. The molecule has 0 unspecified atom stereocenters. The summed E-state index contributed by atoms with van der Waals surface area (Å²) in [6.07, 6.45) is 1.77. The van der Waals surface area contributed by atoms with Gasteiger partial charge in [0.15, 0.2) is 0 Å². The second-order valence-electron chi connectivity index (χ2n) is 5.98. The number of hydrogen-bond donors (Lipinski definition) is 2. The van der Waals surface area contributed by atoms with E-state index in [-0.39, 0.29) is 5.91 Å². The van der Waals surface area contributed by atoms with E-state index in [0.29, 0.717) is 37.5 Å². The number of carboxylic acids is 1. The second-order valence-corrected chi connectivity index (χ2v) is 6.41. The van der Waals surface area contributed by atoms with Gasteiger partial charge in [-0.05, 0) is 37.0 Å². The fourth-order valence-corrected chi connectivity index (χ4v) is 3.19. The Morgan fingerprint density at radius 1 is 1.18 bits per heavy atom. The van der Waals surface area contributed by atoms with Crippen LogP contribution in [0, 0.1) is 11.8 Å². The SMILES string of the molecule is O=C(O)[C@@H]1C[C@H]1C(=O)NC1(c2ccc(Cl)cc2)CCOCC1. The Morgan fingerprint density at radius 2 is 1.82 bits per heavy atom. The first-order valence-corrected chi connectivity index (χ1v) is 7.78. The van der Waals surface area contributed by atoms with Crippen molar-refractivity contribution in [3.05, 3.63) is 34.9 Å². The number of halogens is 1. The molecule has 2 atom stereocenters. The minimum absolute atomic E-state index is 0.177. The number of amides is 1. The van der Waals surface area contributed by atoms with Crippen LogP contribution in [0.15, 0.2) is 24.3 Å². The second kappa shape index (κ2) is 5.89. The van der Waals surface area contributed by atoms with E-state index in [1.807, 2.05) is 12.1 Å². The van der Waals surface area contributed by atoms with Crippen molar-refractivity contribution >= 4 is 23.5 Å². The van der Waals surface area contributed by atoms with E-state index in [2.05, 4.69) is 5.32 Å². The molecule has 2 N–H and O–H groups in total. The highest BCUT2D eigenvalue weighted by Crippen LogP contribution is 2.41. The summed E-state index contributed by atoms with van der Waals surface area (Å²) in [5.41, 5.74) is 0.493. The lowest BCUT2D eigenvalue weighted by Gasteiger charge is -2.38. The standard InChI is InChI=1S/C16H18ClNO4/c17-11-3-1-10(2-4-11)16(5-7-22-8-6-16)18-14(19)12-9-13(12)15(20)21/h1-4,12-13H,5-9H2,(H,18,19)(H,20,21)/t12-,13-/m1/s1. The van der Waals surface area contributed by atoms with Gasteiger partial charge in [-0.3, -0.25) is 9.59 Å². The number of benzene rings is 1. The zero-order chi connectivity index (χ0) is 15.7. The fraction of sp³-hybridized carbons (Fsp3) is 0.500. The molecule has 1 aliphatic heterocycles. The zero-order valence-corrected chi connectivity index (χ0v) is 12.8. The summed E-state index contributed by atoms with van der Waals surface area (Å²) < 4.78 is 5.42. The van der Waals surface area contributed by atoms with Crippen LogP contribution in [0.4, 0.5) is 0 Å². The third-order valence-electron chi connectivity index (χ3n) is 4.55. The van der Waals surface area contributed by atoms with Crippen LogP contribution in [0.5, 0.6) is 0 Å². The van der Waals surface area contributed by atoms with Gasteiger partial charge < -0.3 is 15.2 Å². The molecule has 1 heterocycles. The number of carbonyl (C=O) groups excluding carboxylic acids is 1. The molecule has 3 rings (SSSR count). The molecular weight excluding hydrogens is 306 g/mol. The van der Waals surface area contributed by atoms with Gasteiger partial charge in [-0.25, -0.2) is 0 Å². The minimum atomic E-state index is -0.896. The van der Waals surface area contributed by atoms with Crippen molar-refractivity contribution in [1.29, 1.82) is 0 Å². The summed E-state index contributed by atoms with van der Waals surface area (Å²) in [7, 11) is 0. The third-order valence-corrected chi connectivity index (χ3v) is 4.80. The first-order valence-electron chi connectivity index (χ1n) is 7.40. The summed E-state index contributed by atoms with van der Waals surface area (Å²) in [5, 5.41) is 12.7. The predicted molar refractivity (Wildman–Crippen MR) is 80.6 cm³/mol. The lowest BCUT2D eigenvalue weighted by molar-refractivity contribution is -0.140. The van der Waals surface area contributed by atoms with Crippen LogP contribution in [0.3, 0.4) is 0 Å². The molecule has 1 saturated heterocycles. The molecule has 1 aliphatic carbocycles. The van der Waals surface area contributed by atoms with Gasteiger partial charge in [-0.2, -0.15) is 0 Å². The molecule has 1 aromatic carbocycles. The highest BCUT2D eigenvalue weighted by Gasteiger charge is 2.50. The molecule has 1 amide bonds. The number of nitrogens with one attached hydrogen (secondary N) is 1. The van der Waals surface area contributed by atoms with Crippen LogP contribution in [-0.4, -0.2) is 30.2 Å². The van der Waals surface area contributed by atoms with Crippen LogP contribution < -0.4 is 5.32 Å². The lowest BCUT2D eigenvalue weighted by Crippen LogP contribution is -2.50. The quantitative estimate of drug-likeness (QED) is 0.890. The van der Waals surface area contributed by atoms with Crippen molar-refractivity contribution in [2.45, 2.75) is 24.8 Å². The number of aliphatic carboxylic acids is 1. The third kappa shape index (κ3) is 2.96. The number of rotatable bonds is 4. The summed E-state index contributed by atoms with van der Waals surface area (Å²) in [4.78, 5) is 23.3. The Bertz CT molecular complexity index is 580. The van der Waals surface area contributed by atoms with Gasteiger partial charge in [0.25, 0.3) is 0 Å². The molecule has 0 radical (unpaired) electrons. The number of carboxylic acid groups (broad SMARTS) is 1. The zero-order valence-electron chi connectivity index (χ0n) is 12.0. The van der Waals surface area contributed by atoms with E-state index in [4.69, 9.17) is 21.4 Å². The molecule has 2 aliphatic rings. The Labute approximate surface area is 133 Å². The minimum Gasteiger partial charge on any atom is -0.481 e. The maximum absolute atomic E-state index is 12.4. The van der Waals surface area contributed by atoms with Gasteiger partial charge in [-0.15, -0.1) is 0 Å². The van der Waals surface area contributed by atoms with E-state index in [1.54, 1.807) is 12.1 Å². The predicted octanol–water partition coefficient (Wildman–Crippen LogP) is 2.18. The number of hydrogen-bond acceptors (Lipinski definition) is 3. The Kier molecular flexibility index (Phi) is 4.10. The van der Waals surface area contributed by atoms with Crippen LogP contribution >= 0.6 is 11.6 Å². The largest absolute Gasteiger partial charge is 0.481 e. The van der Waals surface area contributed by atoms with Crippen LogP contribution in [0.25, 0.3) is 0 Å². The Balaban J connectivity index is 1.79. The van der Waals surface area contributed by atoms with E-state index < -0.39 is 23.3 Å². The summed E-state index contributed by atoms with van der Waals surface area (Å²) in [5.74, 6) is -2.02. The van der Waals surface area contributed by atoms with E-state index >= 15 is 0 Å². The van der Waals surface area contributed by atoms with Crippen LogP contribution in [0.1, 0.15) is 24.8 Å². The smallest absolute Gasteiger partial charge is 0.307 e. The monoisotopic (exact) mass is 323 g/mol. The Morgan fingerprint density at radius 3 is 2.36 bits per heavy atom. The van der Waals surface area contributed by atoms with Crippen LogP contribution in [-0.2, 0) is 19.9 Å². The van der Waals surface area contributed by atoms with Crippen molar-refractivity contribution in [3.63, 3.8) is 0 Å². The summed E-state index contributed by atoms with van der Waals surface area (Å²) in [6.45, 7) is 1.13. The van der Waals surface area contributed by atoms with E-state index in [1.165, 1.54) is 0 Å². The van der Waals surface area contributed by atoms with Gasteiger partial charge in [0.2, 0.25) is 5.91 Å². The normalized spacial score (nSPS) is 26.2. The molecule has 2 fully saturated rings. The van der Waals surface area contributed by atoms with Crippen molar-refractivity contribution in [1.82, 2.24) is 5.32 Å². The Hall–Kier alpha value is -1.59. The number of carbonyl (C=O) groups is 2. The van der Waals surface area contributed by atoms with E-state index in [9.17, 15) is 9.59 Å². The molecule has 0 bridgehead atoms. The van der Waals surface area contributed by atoms with Crippen molar-refractivity contribution in [2.24, 2.45) is 11.8 Å².